The van der Waals surface area contributed by atoms with Gasteiger partial charge in [0, 0.05) is 0 Å². The van der Waals surface area contributed by atoms with E-state index >= 15 is 0 Å². The van der Waals surface area contributed by atoms with E-state index in [9.17, 15) is 4.79 Å². The van der Waals surface area contributed by atoms with Crippen LogP contribution in [0.25, 0.3) is 0 Å². The third kappa shape index (κ3) is 3.70. The molecule has 0 radical (unpaired) electrons. The van der Waals surface area contributed by atoms with Gasteiger partial charge in [-0.3, -0.25) is 0 Å². The quantitative estimate of drug-likeness (QED) is 0.307. The second-order valence-electron chi connectivity index (χ2n) is 2.50. The molecule has 0 aliphatic carbocycles. The van der Waals surface area contributed by atoms with Gasteiger partial charge >= 0.3 is 5.97 Å². The van der Waals surface area contributed by atoms with Crippen LogP contribution in [0, 0.1) is 6.58 Å². The van der Waals surface area contributed by atoms with Gasteiger partial charge in [0.05, 0.1) is 6.58 Å². The Labute approximate surface area is 83.0 Å². The SMILES string of the molecule is [CH+]=CC(=O)OCCOc1ccccc1. The zero-order valence-corrected chi connectivity index (χ0v) is 7.68. The number of ether oxygens (including phenoxy) is 2. The summed E-state index contributed by atoms with van der Waals surface area (Å²) in [5.74, 6) is 0.210. The van der Waals surface area contributed by atoms with E-state index in [1.54, 1.807) is 0 Å². The number of para-hydroxylation sites is 1. The Kier molecular flexibility index (Phi) is 4.18. The average Bonchev–Trinajstić information content (AvgIpc) is 2.25. The molecule has 0 N–H and O–H groups in total. The van der Waals surface area contributed by atoms with E-state index < -0.39 is 5.97 Å². The summed E-state index contributed by atoms with van der Waals surface area (Å²) in [7, 11) is 0. The molecule has 0 saturated heterocycles. The summed E-state index contributed by atoms with van der Waals surface area (Å²) in [4.78, 5) is 10.6. The Hall–Kier alpha value is -1.86. The van der Waals surface area contributed by atoms with Gasteiger partial charge in [-0.1, -0.05) is 18.2 Å². The summed E-state index contributed by atoms with van der Waals surface area (Å²) >= 11 is 0. The predicted octanol–water partition coefficient (Wildman–Crippen LogP) is 1.60. The lowest BCUT2D eigenvalue weighted by Crippen LogP contribution is -2.09. The molecular formula is C11H11O3+. The lowest BCUT2D eigenvalue weighted by molar-refractivity contribution is -0.138. The first kappa shape index (κ1) is 10.2. The van der Waals surface area contributed by atoms with Crippen molar-refractivity contribution in [2.75, 3.05) is 13.2 Å². The van der Waals surface area contributed by atoms with Gasteiger partial charge in [-0.2, -0.15) is 0 Å². The van der Waals surface area contributed by atoms with E-state index in [0.29, 0.717) is 6.61 Å². The maximum Gasteiger partial charge on any atom is 0.484 e. The molecule has 1 rings (SSSR count). The lowest BCUT2D eigenvalue weighted by atomic mass is 10.3. The van der Waals surface area contributed by atoms with Crippen LogP contribution in [0.5, 0.6) is 5.75 Å². The van der Waals surface area contributed by atoms with Crippen LogP contribution in [0.15, 0.2) is 36.4 Å². The third-order valence-electron chi connectivity index (χ3n) is 1.48. The summed E-state index contributed by atoms with van der Waals surface area (Å²) in [5, 5.41) is 0. The van der Waals surface area contributed by atoms with E-state index in [2.05, 4.69) is 4.74 Å². The van der Waals surface area contributed by atoms with Crippen molar-refractivity contribution in [1.29, 1.82) is 0 Å². The number of benzene rings is 1. The van der Waals surface area contributed by atoms with E-state index in [0.717, 1.165) is 11.8 Å². The summed E-state index contributed by atoms with van der Waals surface area (Å²) < 4.78 is 9.94. The highest BCUT2D eigenvalue weighted by Gasteiger charge is 2.04. The van der Waals surface area contributed by atoms with Crippen LogP contribution in [0.2, 0.25) is 0 Å². The normalized spacial score (nSPS) is 9.07. The second-order valence-corrected chi connectivity index (χ2v) is 2.50. The van der Waals surface area contributed by atoms with Crippen molar-refractivity contribution >= 4 is 5.97 Å². The highest BCUT2D eigenvalue weighted by Crippen LogP contribution is 2.07. The van der Waals surface area contributed by atoms with Gasteiger partial charge in [0.25, 0.3) is 0 Å². The maximum atomic E-state index is 10.6. The molecule has 0 heterocycles. The molecule has 0 aromatic heterocycles. The van der Waals surface area contributed by atoms with E-state index in [1.165, 1.54) is 0 Å². The van der Waals surface area contributed by atoms with Gasteiger partial charge in [-0.25, -0.2) is 0 Å². The van der Waals surface area contributed by atoms with Crippen molar-refractivity contribution in [2.24, 2.45) is 0 Å². The highest BCUT2D eigenvalue weighted by molar-refractivity contribution is 5.80. The van der Waals surface area contributed by atoms with Gasteiger partial charge in [0.15, 0.2) is 6.61 Å². The van der Waals surface area contributed by atoms with Gasteiger partial charge in [0.1, 0.15) is 12.4 Å². The molecule has 0 aliphatic heterocycles. The monoisotopic (exact) mass is 191 g/mol. The fourth-order valence-electron chi connectivity index (χ4n) is 0.867. The number of esters is 1. The largest absolute Gasteiger partial charge is 0.490 e. The van der Waals surface area contributed by atoms with Crippen LogP contribution in [-0.2, 0) is 9.53 Å². The molecule has 3 heteroatoms. The van der Waals surface area contributed by atoms with Crippen molar-refractivity contribution in [3.05, 3.63) is 43.0 Å². The van der Waals surface area contributed by atoms with Crippen LogP contribution < -0.4 is 4.74 Å². The van der Waals surface area contributed by atoms with Gasteiger partial charge in [-0.15, -0.1) is 4.79 Å². The van der Waals surface area contributed by atoms with Crippen molar-refractivity contribution < 1.29 is 14.3 Å². The summed E-state index contributed by atoms with van der Waals surface area (Å²) in [6.07, 6.45) is 0.877. The van der Waals surface area contributed by atoms with Crippen LogP contribution in [0.1, 0.15) is 0 Å². The van der Waals surface area contributed by atoms with Crippen molar-refractivity contribution in [1.82, 2.24) is 0 Å². The molecule has 0 bridgehead atoms. The summed E-state index contributed by atoms with van der Waals surface area (Å²) in [6, 6.07) is 9.30. The van der Waals surface area contributed by atoms with Crippen LogP contribution in [-0.4, -0.2) is 19.2 Å². The predicted molar refractivity (Wildman–Crippen MR) is 51.8 cm³/mol. The van der Waals surface area contributed by atoms with Crippen molar-refractivity contribution in [3.8, 4) is 5.75 Å². The molecule has 0 amide bonds. The maximum absolute atomic E-state index is 10.6. The molecule has 14 heavy (non-hydrogen) atoms. The zero-order valence-electron chi connectivity index (χ0n) is 7.68. The van der Waals surface area contributed by atoms with Crippen LogP contribution in [0.3, 0.4) is 0 Å². The van der Waals surface area contributed by atoms with Gasteiger partial charge < -0.3 is 9.47 Å². The number of rotatable bonds is 5. The fraction of sp³-hybridized carbons (Fsp3) is 0.182. The molecule has 0 saturated carbocycles. The number of carbonyl (C=O) groups excluding carboxylic acids is 1. The topological polar surface area (TPSA) is 35.5 Å². The minimum atomic E-state index is -0.540. The Morgan fingerprint density at radius 1 is 1.29 bits per heavy atom. The molecule has 0 fully saturated rings. The first-order valence-electron chi connectivity index (χ1n) is 4.22. The average molecular weight is 191 g/mol. The van der Waals surface area contributed by atoms with E-state index in [4.69, 9.17) is 11.3 Å². The first-order chi connectivity index (χ1) is 6.83. The molecular weight excluding hydrogens is 180 g/mol. The molecule has 1 aromatic rings. The van der Waals surface area contributed by atoms with Crippen LogP contribution >= 0.6 is 0 Å². The number of hydrogen-bond acceptors (Lipinski definition) is 3. The first-order valence-corrected chi connectivity index (χ1v) is 4.22. The zero-order chi connectivity index (χ0) is 10.2. The van der Waals surface area contributed by atoms with Gasteiger partial charge in [0.2, 0.25) is 6.08 Å². The molecule has 0 aliphatic rings. The minimum Gasteiger partial charge on any atom is -0.490 e. The standard InChI is InChI=1S/C11H11O3/c1-2-11(12)14-9-8-13-10-6-4-3-5-7-10/h1-7H,8-9H2/q+1. The van der Waals surface area contributed by atoms with E-state index in [-0.39, 0.29) is 6.61 Å². The molecule has 0 atom stereocenters. The summed E-state index contributed by atoms with van der Waals surface area (Å²) in [6.45, 7) is 5.44. The summed E-state index contributed by atoms with van der Waals surface area (Å²) in [5.41, 5.74) is 0. The molecule has 72 valence electrons. The molecule has 3 nitrogen and oxygen atoms in total. The molecule has 0 spiro atoms. The Morgan fingerprint density at radius 2 is 2.00 bits per heavy atom. The molecule has 0 unspecified atom stereocenters. The van der Waals surface area contributed by atoms with E-state index in [1.807, 2.05) is 30.3 Å². The Bertz CT molecular complexity index is 293. The second kappa shape index (κ2) is 5.73. The number of hydrogen-bond donors (Lipinski definition) is 0. The number of carbonyl (C=O) groups is 1. The van der Waals surface area contributed by atoms with Crippen LogP contribution in [0.4, 0.5) is 0 Å². The fourth-order valence-corrected chi connectivity index (χ4v) is 0.867. The third-order valence-corrected chi connectivity index (χ3v) is 1.48. The van der Waals surface area contributed by atoms with Crippen molar-refractivity contribution in [3.63, 3.8) is 0 Å². The van der Waals surface area contributed by atoms with Crippen molar-refractivity contribution in [2.45, 2.75) is 0 Å². The smallest absolute Gasteiger partial charge is 0.484 e. The lowest BCUT2D eigenvalue weighted by Gasteiger charge is -2.03. The highest BCUT2D eigenvalue weighted by atomic mass is 16.6. The van der Waals surface area contributed by atoms with Gasteiger partial charge in [-0.05, 0) is 12.1 Å². The minimum absolute atomic E-state index is 0.196. The molecule has 1 aromatic carbocycles. The Morgan fingerprint density at radius 3 is 2.64 bits per heavy atom. The Balaban J connectivity index is 2.16.